The van der Waals surface area contributed by atoms with E-state index in [1.807, 2.05) is 6.08 Å². The maximum Gasteiger partial charge on any atom is 0.324 e. The average Bonchev–Trinajstić information content (AvgIpc) is 2.24. The van der Waals surface area contributed by atoms with Crippen LogP contribution in [0, 0.1) is 17.8 Å². The lowest BCUT2D eigenvalue weighted by atomic mass is 9.59. The molecule has 0 spiro atoms. The second kappa shape index (κ2) is 3.71. The van der Waals surface area contributed by atoms with Crippen LogP contribution in [0.5, 0.6) is 0 Å². The fraction of sp³-hybridized carbons (Fsp3) is 0.667. The molecule has 0 N–H and O–H groups in total. The largest absolute Gasteiger partial charge is 0.324 e. The lowest BCUT2D eigenvalue weighted by Crippen LogP contribution is -2.70. The Bertz CT molecular complexity index is 522. The van der Waals surface area contributed by atoms with Gasteiger partial charge in [0.2, 0.25) is 5.91 Å². The van der Waals surface area contributed by atoms with E-state index in [1.165, 1.54) is 0 Å². The summed E-state index contributed by atoms with van der Waals surface area (Å²) in [4.78, 5) is 12.4. The summed E-state index contributed by atoms with van der Waals surface area (Å²) >= 11 is 7.08. The third kappa shape index (κ3) is 1.52. The van der Waals surface area contributed by atoms with Crippen LogP contribution in [0.3, 0.4) is 0 Å². The van der Waals surface area contributed by atoms with Gasteiger partial charge in [-0.2, -0.15) is 8.42 Å². The van der Waals surface area contributed by atoms with Gasteiger partial charge in [-0.15, -0.1) is 0 Å². The highest BCUT2D eigenvalue weighted by atomic mass is 79.9. The number of carbonyl (C=O) groups is 1. The highest BCUT2D eigenvalue weighted by molar-refractivity contribution is 9.12. The lowest BCUT2D eigenvalue weighted by molar-refractivity contribution is -0.151. The monoisotopic (exact) mass is 403 g/mol. The molecule has 1 amide bonds. The average molecular weight is 405 g/mol. The molecule has 1 heterocycles. The van der Waals surface area contributed by atoms with Gasteiger partial charge in [0.15, 0.2) is 0 Å². The maximum atomic E-state index is 11.9. The molecule has 2 fully saturated rings. The Kier molecular flexibility index (Phi) is 2.72. The van der Waals surface area contributed by atoms with Crippen LogP contribution in [0.1, 0.15) is 0 Å². The number of rotatable bonds is 1. The predicted molar refractivity (Wildman–Crippen MR) is 70.4 cm³/mol. The molecule has 3 aliphatic rings. The Morgan fingerprint density at radius 3 is 2.47 bits per heavy atom. The zero-order valence-corrected chi connectivity index (χ0v) is 13.1. The highest BCUT2D eigenvalue weighted by Crippen LogP contribution is 2.56. The minimum Gasteiger partial charge on any atom is -0.273 e. The molecule has 1 saturated heterocycles. The Hall–Kier alpha value is 0.410. The van der Waals surface area contributed by atoms with Gasteiger partial charge in [-0.05, 0) is 11.8 Å². The van der Waals surface area contributed by atoms with Crippen LogP contribution in [0.25, 0.3) is 0 Å². The van der Waals surface area contributed by atoms with Gasteiger partial charge >= 0.3 is 9.24 Å². The summed E-state index contributed by atoms with van der Waals surface area (Å²) in [7, 11) is 1.28. The number of halogens is 3. The first-order chi connectivity index (χ1) is 7.84. The van der Waals surface area contributed by atoms with E-state index >= 15 is 0 Å². The first-order valence-corrected chi connectivity index (χ1v) is 9.18. The van der Waals surface area contributed by atoms with Gasteiger partial charge in [0, 0.05) is 20.3 Å². The van der Waals surface area contributed by atoms with Crippen LogP contribution in [0.2, 0.25) is 0 Å². The normalized spacial score (nSPS) is 47.9. The Morgan fingerprint density at radius 1 is 1.24 bits per heavy atom. The zero-order chi connectivity index (χ0) is 12.5. The quantitative estimate of drug-likeness (QED) is 0.288. The van der Waals surface area contributed by atoms with Gasteiger partial charge < -0.3 is 0 Å². The van der Waals surface area contributed by atoms with Gasteiger partial charge in [-0.1, -0.05) is 44.0 Å². The van der Waals surface area contributed by atoms with Crippen molar-refractivity contribution in [1.29, 1.82) is 0 Å². The molecule has 94 valence electrons. The molecular formula is C9H8Br2ClNO3S. The van der Waals surface area contributed by atoms with Crippen molar-refractivity contribution >= 4 is 57.7 Å². The van der Waals surface area contributed by atoms with Crippen LogP contribution >= 0.6 is 42.5 Å². The van der Waals surface area contributed by atoms with E-state index in [4.69, 9.17) is 10.7 Å². The Labute approximate surface area is 120 Å². The number of nitrogens with zero attached hydrogens (tertiary/aromatic N) is 1. The van der Waals surface area contributed by atoms with Gasteiger partial charge in [0.05, 0.1) is 12.0 Å². The number of fused-ring (bicyclic) bond motifs is 3. The zero-order valence-electron chi connectivity index (χ0n) is 8.33. The van der Waals surface area contributed by atoms with E-state index in [0.717, 1.165) is 4.31 Å². The van der Waals surface area contributed by atoms with Gasteiger partial charge in [0.25, 0.3) is 0 Å². The summed E-state index contributed by atoms with van der Waals surface area (Å²) in [5.74, 6) is -0.175. The van der Waals surface area contributed by atoms with Crippen molar-refractivity contribution < 1.29 is 13.2 Å². The minimum absolute atomic E-state index is 0.163. The summed E-state index contributed by atoms with van der Waals surface area (Å²) in [6, 6.07) is -0.397. The van der Waals surface area contributed by atoms with E-state index in [9.17, 15) is 13.2 Å². The van der Waals surface area contributed by atoms with Crippen LogP contribution in [0.15, 0.2) is 12.2 Å². The number of hydrogen-bond donors (Lipinski definition) is 0. The summed E-state index contributed by atoms with van der Waals surface area (Å²) < 4.78 is 23.3. The molecule has 6 atom stereocenters. The van der Waals surface area contributed by atoms with E-state index in [1.54, 1.807) is 6.08 Å². The van der Waals surface area contributed by atoms with E-state index in [-0.39, 0.29) is 22.6 Å². The van der Waals surface area contributed by atoms with Crippen molar-refractivity contribution in [3.05, 3.63) is 12.2 Å². The Morgan fingerprint density at radius 2 is 1.88 bits per heavy atom. The summed E-state index contributed by atoms with van der Waals surface area (Å²) in [6.07, 6.45) is 3.75. The molecule has 0 aromatic heterocycles. The van der Waals surface area contributed by atoms with Crippen molar-refractivity contribution in [2.24, 2.45) is 17.8 Å². The van der Waals surface area contributed by atoms with Crippen molar-refractivity contribution in [3.63, 3.8) is 0 Å². The molecule has 0 radical (unpaired) electrons. The third-order valence-electron chi connectivity index (χ3n) is 3.81. The minimum atomic E-state index is -3.96. The molecule has 2 aliphatic carbocycles. The molecular weight excluding hydrogens is 397 g/mol. The topological polar surface area (TPSA) is 54.5 Å². The maximum absolute atomic E-state index is 11.9. The van der Waals surface area contributed by atoms with E-state index < -0.39 is 15.3 Å². The highest BCUT2D eigenvalue weighted by Gasteiger charge is 2.64. The standard InChI is InChI=1S/C9H8Br2ClNO3S/c10-7-3-1-2-4-6(5(3)8(7)11)9(14)13(4)17(12,15)16/h1-8H/t3-,4+,5-,6+,7-,8+/m1/s1. The number of amides is 1. The SMILES string of the molecule is O=C1[C@@H]2[C@@H]3[C@H](Br)[C@H](Br)[C@@H]3C=C[C@@H]2N1S(=O)(=O)Cl. The van der Waals surface area contributed by atoms with Gasteiger partial charge in [-0.25, -0.2) is 4.31 Å². The second-order valence-electron chi connectivity index (χ2n) is 4.52. The molecule has 1 saturated carbocycles. The lowest BCUT2D eigenvalue weighted by Gasteiger charge is -2.58. The molecule has 0 aromatic rings. The summed E-state index contributed by atoms with van der Waals surface area (Å²) in [6.45, 7) is 0. The number of alkyl halides is 2. The molecule has 0 unspecified atom stereocenters. The van der Waals surface area contributed by atoms with Gasteiger partial charge in [-0.3, -0.25) is 4.79 Å². The molecule has 1 aliphatic heterocycles. The van der Waals surface area contributed by atoms with Crippen LogP contribution in [-0.2, 0) is 14.0 Å². The third-order valence-corrected chi connectivity index (χ3v) is 8.21. The fourth-order valence-corrected chi connectivity index (χ4v) is 6.19. The number of β-lactam (4-membered cyclic amide) rings is 1. The fourth-order valence-electron chi connectivity index (χ4n) is 2.96. The first-order valence-electron chi connectivity index (χ1n) is 5.08. The smallest absolute Gasteiger partial charge is 0.273 e. The van der Waals surface area contributed by atoms with Crippen LogP contribution in [0.4, 0.5) is 0 Å². The van der Waals surface area contributed by atoms with Gasteiger partial charge in [0.1, 0.15) is 0 Å². The molecule has 0 bridgehead atoms. The van der Waals surface area contributed by atoms with Crippen LogP contribution < -0.4 is 0 Å². The van der Waals surface area contributed by atoms with E-state index in [2.05, 4.69) is 31.9 Å². The van der Waals surface area contributed by atoms with Crippen molar-refractivity contribution in [2.75, 3.05) is 0 Å². The second-order valence-corrected chi connectivity index (χ2v) is 9.02. The number of allylic oxidation sites excluding steroid dienone is 1. The molecule has 0 aromatic carbocycles. The molecule has 17 heavy (non-hydrogen) atoms. The molecule has 3 rings (SSSR count). The summed E-state index contributed by atoms with van der Waals surface area (Å²) in [5.41, 5.74) is 0. The van der Waals surface area contributed by atoms with Crippen molar-refractivity contribution in [1.82, 2.24) is 4.31 Å². The molecule has 4 nitrogen and oxygen atoms in total. The number of carbonyl (C=O) groups excluding carboxylic acids is 1. The molecule has 8 heteroatoms. The first kappa shape index (κ1) is 12.4. The summed E-state index contributed by atoms with van der Waals surface area (Å²) in [5, 5.41) is 0. The van der Waals surface area contributed by atoms with Crippen molar-refractivity contribution in [3.8, 4) is 0 Å². The van der Waals surface area contributed by atoms with Crippen LogP contribution in [-0.4, -0.2) is 34.3 Å². The van der Waals surface area contributed by atoms with Crippen molar-refractivity contribution in [2.45, 2.75) is 15.7 Å². The Balaban J connectivity index is 1.93. The van der Waals surface area contributed by atoms with E-state index in [0.29, 0.717) is 10.7 Å². The predicted octanol–water partition coefficient (Wildman–Crippen LogP) is 1.64. The number of hydrogen-bond acceptors (Lipinski definition) is 3.